The summed E-state index contributed by atoms with van der Waals surface area (Å²) in [6.45, 7) is 5.52. The molecule has 1 aromatic rings. The number of hydrogen-bond donors (Lipinski definition) is 1. The van der Waals surface area contributed by atoms with Crippen LogP contribution in [-0.2, 0) is 0 Å². The van der Waals surface area contributed by atoms with E-state index in [-0.39, 0.29) is 18.3 Å². The first-order valence-corrected chi connectivity index (χ1v) is 5.92. The molecule has 0 amide bonds. The second kappa shape index (κ2) is 5.15. The molecule has 0 aliphatic rings. The zero-order chi connectivity index (χ0) is 12.3. The summed E-state index contributed by atoms with van der Waals surface area (Å²) < 4.78 is 19.4. The molecule has 0 saturated carbocycles. The van der Waals surface area contributed by atoms with Crippen LogP contribution < -0.4 is 4.74 Å². The van der Waals surface area contributed by atoms with Gasteiger partial charge in [-0.05, 0) is 31.0 Å². The van der Waals surface area contributed by atoms with Crippen LogP contribution in [0.1, 0.15) is 20.8 Å². The van der Waals surface area contributed by atoms with Crippen molar-refractivity contribution in [3.05, 3.63) is 28.5 Å². The molecular formula is C12H16BrFO2. The Morgan fingerprint density at radius 3 is 2.69 bits per heavy atom. The van der Waals surface area contributed by atoms with Crippen LogP contribution in [0.3, 0.4) is 0 Å². The molecule has 0 spiro atoms. The highest BCUT2D eigenvalue weighted by Crippen LogP contribution is 2.24. The van der Waals surface area contributed by atoms with Crippen LogP contribution in [0.4, 0.5) is 4.39 Å². The van der Waals surface area contributed by atoms with Gasteiger partial charge in [0.2, 0.25) is 0 Å². The highest BCUT2D eigenvalue weighted by Gasteiger charge is 2.26. The van der Waals surface area contributed by atoms with Crippen molar-refractivity contribution < 1.29 is 14.2 Å². The molecule has 0 bridgehead atoms. The molecule has 4 heteroatoms. The molecule has 0 aliphatic carbocycles. The molecule has 0 heterocycles. The predicted octanol–water partition coefficient (Wildman–Crippen LogP) is 3.37. The Balaban J connectivity index is 2.71. The van der Waals surface area contributed by atoms with E-state index >= 15 is 0 Å². The van der Waals surface area contributed by atoms with Crippen LogP contribution in [0.25, 0.3) is 0 Å². The fourth-order valence-electron chi connectivity index (χ4n) is 0.978. The Hall–Kier alpha value is -0.610. The number of rotatable bonds is 4. The summed E-state index contributed by atoms with van der Waals surface area (Å²) >= 11 is 3.24. The lowest BCUT2D eigenvalue weighted by Crippen LogP contribution is -2.37. The minimum Gasteiger partial charge on any atom is -0.487 e. The number of halogens is 2. The first kappa shape index (κ1) is 13.5. The average Bonchev–Trinajstić information content (AvgIpc) is 2.19. The molecule has 1 atom stereocenters. The molecule has 0 saturated heterocycles. The van der Waals surface area contributed by atoms with Gasteiger partial charge in [0.1, 0.15) is 6.61 Å². The van der Waals surface area contributed by atoms with Crippen molar-refractivity contribution in [1.82, 2.24) is 0 Å². The molecule has 0 fully saturated rings. The third-order valence-electron chi connectivity index (χ3n) is 2.66. The Morgan fingerprint density at radius 2 is 2.12 bits per heavy atom. The summed E-state index contributed by atoms with van der Waals surface area (Å²) in [5, 5.41) is 9.95. The summed E-state index contributed by atoms with van der Waals surface area (Å²) in [4.78, 5) is 0. The van der Waals surface area contributed by atoms with Crippen LogP contribution in [0.2, 0.25) is 0 Å². The molecule has 1 unspecified atom stereocenters. The summed E-state index contributed by atoms with van der Waals surface area (Å²) in [7, 11) is 0. The second-order valence-electron chi connectivity index (χ2n) is 4.38. The van der Waals surface area contributed by atoms with Crippen molar-refractivity contribution >= 4 is 15.9 Å². The fourth-order valence-corrected chi connectivity index (χ4v) is 1.32. The van der Waals surface area contributed by atoms with Crippen LogP contribution in [0, 0.1) is 11.7 Å². The van der Waals surface area contributed by atoms with Crippen LogP contribution in [0.15, 0.2) is 22.7 Å². The standard InChI is InChI=1S/C12H16BrFO2/c1-8(2)12(3,15)7-16-11-6-9(13)4-5-10(11)14/h4-6,8,15H,7H2,1-3H3. The quantitative estimate of drug-likeness (QED) is 0.921. The van der Waals surface area contributed by atoms with Gasteiger partial charge in [0, 0.05) is 4.47 Å². The van der Waals surface area contributed by atoms with Gasteiger partial charge in [-0.3, -0.25) is 0 Å². The Morgan fingerprint density at radius 1 is 1.50 bits per heavy atom. The van der Waals surface area contributed by atoms with Gasteiger partial charge in [-0.2, -0.15) is 0 Å². The fraction of sp³-hybridized carbons (Fsp3) is 0.500. The minimum atomic E-state index is -0.964. The number of benzene rings is 1. The van der Waals surface area contributed by atoms with E-state index in [0.29, 0.717) is 0 Å². The molecule has 1 N–H and O–H groups in total. The zero-order valence-corrected chi connectivity index (χ0v) is 11.2. The Bertz CT molecular complexity index is 364. The number of hydrogen-bond acceptors (Lipinski definition) is 2. The molecule has 2 nitrogen and oxygen atoms in total. The van der Waals surface area contributed by atoms with E-state index in [0.717, 1.165) is 4.47 Å². The van der Waals surface area contributed by atoms with Gasteiger partial charge in [-0.25, -0.2) is 4.39 Å². The minimum absolute atomic E-state index is 0.0442. The number of aliphatic hydroxyl groups is 1. The lowest BCUT2D eigenvalue weighted by molar-refractivity contribution is -0.0275. The van der Waals surface area contributed by atoms with Gasteiger partial charge in [-0.1, -0.05) is 29.8 Å². The van der Waals surface area contributed by atoms with E-state index < -0.39 is 11.4 Å². The topological polar surface area (TPSA) is 29.5 Å². The monoisotopic (exact) mass is 290 g/mol. The summed E-state index contributed by atoms with van der Waals surface area (Å²) in [6.07, 6.45) is 0. The van der Waals surface area contributed by atoms with E-state index in [2.05, 4.69) is 15.9 Å². The second-order valence-corrected chi connectivity index (χ2v) is 5.29. The Labute approximate surface area is 104 Å². The summed E-state index contributed by atoms with van der Waals surface area (Å²) in [5.74, 6) is -0.235. The first-order chi connectivity index (χ1) is 7.33. The molecule has 1 aromatic carbocycles. The van der Waals surface area contributed by atoms with Crippen LogP contribution in [0.5, 0.6) is 5.75 Å². The molecule has 0 aromatic heterocycles. The van der Waals surface area contributed by atoms with E-state index in [1.165, 1.54) is 6.07 Å². The van der Waals surface area contributed by atoms with E-state index in [4.69, 9.17) is 4.74 Å². The largest absolute Gasteiger partial charge is 0.487 e. The van der Waals surface area contributed by atoms with E-state index in [1.54, 1.807) is 19.1 Å². The normalized spacial score (nSPS) is 14.9. The Kier molecular flexibility index (Phi) is 4.33. The van der Waals surface area contributed by atoms with Crippen molar-refractivity contribution in [2.45, 2.75) is 26.4 Å². The molecule has 1 rings (SSSR count). The number of ether oxygens (including phenoxy) is 1. The molecular weight excluding hydrogens is 275 g/mol. The van der Waals surface area contributed by atoms with Gasteiger partial charge in [0.05, 0.1) is 5.60 Å². The highest BCUT2D eigenvalue weighted by atomic mass is 79.9. The smallest absolute Gasteiger partial charge is 0.165 e. The summed E-state index contributed by atoms with van der Waals surface area (Å²) in [5.41, 5.74) is -0.964. The lowest BCUT2D eigenvalue weighted by atomic mass is 9.94. The van der Waals surface area contributed by atoms with Gasteiger partial charge in [-0.15, -0.1) is 0 Å². The first-order valence-electron chi connectivity index (χ1n) is 5.13. The molecule has 16 heavy (non-hydrogen) atoms. The van der Waals surface area contributed by atoms with Gasteiger partial charge in [0.15, 0.2) is 11.6 Å². The predicted molar refractivity (Wildman–Crippen MR) is 65.1 cm³/mol. The van der Waals surface area contributed by atoms with Crippen molar-refractivity contribution in [2.24, 2.45) is 5.92 Å². The van der Waals surface area contributed by atoms with Gasteiger partial charge in [0.25, 0.3) is 0 Å². The molecule has 0 radical (unpaired) electrons. The summed E-state index contributed by atoms with van der Waals surface area (Å²) in [6, 6.07) is 4.47. The average molecular weight is 291 g/mol. The van der Waals surface area contributed by atoms with Crippen molar-refractivity contribution in [3.63, 3.8) is 0 Å². The third kappa shape index (κ3) is 3.46. The van der Waals surface area contributed by atoms with Crippen molar-refractivity contribution in [1.29, 1.82) is 0 Å². The maximum absolute atomic E-state index is 13.3. The van der Waals surface area contributed by atoms with Crippen molar-refractivity contribution in [3.8, 4) is 5.75 Å². The SMILES string of the molecule is CC(C)C(C)(O)COc1cc(Br)ccc1F. The van der Waals surface area contributed by atoms with Crippen LogP contribution >= 0.6 is 15.9 Å². The van der Waals surface area contributed by atoms with Gasteiger partial charge >= 0.3 is 0 Å². The zero-order valence-electron chi connectivity index (χ0n) is 9.63. The maximum Gasteiger partial charge on any atom is 0.165 e. The molecule has 90 valence electrons. The molecule has 0 aliphatic heterocycles. The third-order valence-corrected chi connectivity index (χ3v) is 3.15. The highest BCUT2D eigenvalue weighted by molar-refractivity contribution is 9.10. The van der Waals surface area contributed by atoms with Crippen LogP contribution in [-0.4, -0.2) is 17.3 Å². The van der Waals surface area contributed by atoms with Crippen molar-refractivity contribution in [2.75, 3.05) is 6.61 Å². The van der Waals surface area contributed by atoms with E-state index in [1.807, 2.05) is 13.8 Å². The van der Waals surface area contributed by atoms with E-state index in [9.17, 15) is 9.50 Å². The maximum atomic E-state index is 13.3. The lowest BCUT2D eigenvalue weighted by Gasteiger charge is -2.27. The van der Waals surface area contributed by atoms with Gasteiger partial charge < -0.3 is 9.84 Å².